The summed E-state index contributed by atoms with van der Waals surface area (Å²) in [6.45, 7) is 1.54. The van der Waals surface area contributed by atoms with Gasteiger partial charge in [-0.15, -0.1) is 0 Å². The lowest BCUT2D eigenvalue weighted by atomic mass is 10.0. The maximum absolute atomic E-state index is 13.0. The molecule has 122 valence electrons. The fourth-order valence-corrected chi connectivity index (χ4v) is 3.01. The molecule has 0 spiro atoms. The average molecular weight is 316 g/mol. The number of hydrogen-bond donors (Lipinski definition) is 1. The average Bonchev–Trinajstić information content (AvgIpc) is 2.95. The molecule has 2 aromatic rings. The fourth-order valence-electron chi connectivity index (χ4n) is 3.01. The molecule has 1 saturated heterocycles. The Morgan fingerprint density at radius 1 is 1.35 bits per heavy atom. The second-order valence-corrected chi connectivity index (χ2v) is 6.00. The molecule has 0 bridgehead atoms. The minimum atomic E-state index is -0.238. The van der Waals surface area contributed by atoms with Crippen molar-refractivity contribution in [3.8, 4) is 0 Å². The van der Waals surface area contributed by atoms with Crippen molar-refractivity contribution in [3.63, 3.8) is 0 Å². The van der Waals surface area contributed by atoms with Crippen LogP contribution in [0.1, 0.15) is 24.8 Å². The number of nitrogens with zero attached hydrogens (tertiary/aromatic N) is 3. The first-order valence-electron chi connectivity index (χ1n) is 7.90. The number of halogens is 1. The molecule has 3 rings (SSSR count). The molecule has 1 aromatic carbocycles. The minimum absolute atomic E-state index is 0.000174. The zero-order valence-electron chi connectivity index (χ0n) is 13.2. The van der Waals surface area contributed by atoms with Crippen LogP contribution in [-0.4, -0.2) is 33.2 Å². The van der Waals surface area contributed by atoms with Crippen LogP contribution in [0.2, 0.25) is 0 Å². The number of rotatable bonds is 4. The van der Waals surface area contributed by atoms with E-state index in [1.807, 2.05) is 7.05 Å². The number of amides is 1. The van der Waals surface area contributed by atoms with Gasteiger partial charge in [0, 0.05) is 19.8 Å². The summed E-state index contributed by atoms with van der Waals surface area (Å²) in [5, 5.41) is 7.00. The molecule has 1 aliphatic rings. The first kappa shape index (κ1) is 15.7. The maximum Gasteiger partial charge on any atom is 0.241 e. The summed E-state index contributed by atoms with van der Waals surface area (Å²) in [6.07, 6.45) is 6.40. The zero-order valence-corrected chi connectivity index (χ0v) is 13.2. The van der Waals surface area contributed by atoms with Crippen molar-refractivity contribution in [3.05, 3.63) is 48.0 Å². The number of carbonyl (C=O) groups is 1. The highest BCUT2D eigenvalue weighted by atomic mass is 19.1. The molecular formula is C17H21FN4O. The van der Waals surface area contributed by atoms with Gasteiger partial charge in [0.05, 0.1) is 17.9 Å². The zero-order chi connectivity index (χ0) is 16.2. The molecule has 23 heavy (non-hydrogen) atoms. The molecule has 1 N–H and O–H groups in total. The normalized spacial score (nSPS) is 18.8. The Morgan fingerprint density at radius 2 is 2.13 bits per heavy atom. The van der Waals surface area contributed by atoms with E-state index in [0.29, 0.717) is 12.2 Å². The van der Waals surface area contributed by atoms with E-state index < -0.39 is 0 Å². The SMILES string of the molecule is Cn1cc(NC(=O)[C@H]2CCCCN2Cc2ccc(F)cc2)cn1. The van der Waals surface area contributed by atoms with Crippen LogP contribution in [0.15, 0.2) is 36.7 Å². The number of benzene rings is 1. The molecule has 0 saturated carbocycles. The highest BCUT2D eigenvalue weighted by Gasteiger charge is 2.28. The van der Waals surface area contributed by atoms with Crippen LogP contribution < -0.4 is 5.32 Å². The molecule has 5 nitrogen and oxygen atoms in total. The topological polar surface area (TPSA) is 50.2 Å². The molecule has 0 unspecified atom stereocenters. The van der Waals surface area contributed by atoms with Crippen LogP contribution in [0.4, 0.5) is 10.1 Å². The van der Waals surface area contributed by atoms with Gasteiger partial charge in [0.25, 0.3) is 0 Å². The molecule has 1 aliphatic heterocycles. The number of likely N-dealkylation sites (tertiary alicyclic amines) is 1. The third-order valence-corrected chi connectivity index (χ3v) is 4.19. The second-order valence-electron chi connectivity index (χ2n) is 6.00. The maximum atomic E-state index is 13.0. The lowest BCUT2D eigenvalue weighted by molar-refractivity contribution is -0.122. The first-order valence-corrected chi connectivity index (χ1v) is 7.90. The van der Waals surface area contributed by atoms with E-state index in [2.05, 4.69) is 15.3 Å². The number of hydrogen-bond acceptors (Lipinski definition) is 3. The molecule has 1 amide bonds. The van der Waals surface area contributed by atoms with E-state index in [1.54, 1.807) is 29.2 Å². The summed E-state index contributed by atoms with van der Waals surface area (Å²) in [5.41, 5.74) is 1.73. The van der Waals surface area contributed by atoms with Gasteiger partial charge in [-0.1, -0.05) is 18.6 Å². The Labute approximate surface area is 135 Å². The first-order chi connectivity index (χ1) is 11.1. The molecule has 0 aliphatic carbocycles. The van der Waals surface area contributed by atoms with Gasteiger partial charge in [0.1, 0.15) is 5.82 Å². The lowest BCUT2D eigenvalue weighted by Gasteiger charge is -2.34. The summed E-state index contributed by atoms with van der Waals surface area (Å²) >= 11 is 0. The van der Waals surface area contributed by atoms with E-state index >= 15 is 0 Å². The van der Waals surface area contributed by atoms with E-state index in [4.69, 9.17) is 0 Å². The van der Waals surface area contributed by atoms with Gasteiger partial charge in [-0.05, 0) is 37.1 Å². The molecule has 6 heteroatoms. The second kappa shape index (κ2) is 6.91. The number of anilines is 1. The van der Waals surface area contributed by atoms with E-state index in [1.165, 1.54) is 12.1 Å². The number of nitrogens with one attached hydrogen (secondary N) is 1. The van der Waals surface area contributed by atoms with Crippen LogP contribution in [0.25, 0.3) is 0 Å². The largest absolute Gasteiger partial charge is 0.322 e. The van der Waals surface area contributed by atoms with Crippen LogP contribution >= 0.6 is 0 Å². The summed E-state index contributed by atoms with van der Waals surface area (Å²) in [4.78, 5) is 14.8. The third-order valence-electron chi connectivity index (χ3n) is 4.19. The molecule has 1 atom stereocenters. The highest BCUT2D eigenvalue weighted by Crippen LogP contribution is 2.21. The number of carbonyl (C=O) groups excluding carboxylic acids is 1. The summed E-state index contributed by atoms with van der Waals surface area (Å²) < 4.78 is 14.7. The minimum Gasteiger partial charge on any atom is -0.322 e. The van der Waals surface area contributed by atoms with Gasteiger partial charge < -0.3 is 5.32 Å². The van der Waals surface area contributed by atoms with Crippen molar-refractivity contribution in [2.45, 2.75) is 31.8 Å². The van der Waals surface area contributed by atoms with Crippen molar-refractivity contribution in [1.29, 1.82) is 0 Å². The van der Waals surface area contributed by atoms with Gasteiger partial charge in [-0.3, -0.25) is 14.4 Å². The standard InChI is InChI=1S/C17H21FN4O/c1-21-12-15(10-19-21)20-17(23)16-4-2-3-9-22(16)11-13-5-7-14(18)8-6-13/h5-8,10,12,16H,2-4,9,11H2,1H3,(H,20,23)/t16-/m1/s1. The van der Waals surface area contributed by atoms with Crippen molar-refractivity contribution >= 4 is 11.6 Å². The van der Waals surface area contributed by atoms with Gasteiger partial charge in [0.2, 0.25) is 5.91 Å². The van der Waals surface area contributed by atoms with E-state index in [0.717, 1.165) is 31.4 Å². The molecule has 0 radical (unpaired) electrons. The molecule has 2 heterocycles. The Bertz CT molecular complexity index is 667. The van der Waals surface area contributed by atoms with Crippen molar-refractivity contribution in [2.24, 2.45) is 7.05 Å². The van der Waals surface area contributed by atoms with Gasteiger partial charge in [0.15, 0.2) is 0 Å². The van der Waals surface area contributed by atoms with Crippen molar-refractivity contribution in [1.82, 2.24) is 14.7 Å². The number of aromatic nitrogens is 2. The number of aryl methyl sites for hydroxylation is 1. The Morgan fingerprint density at radius 3 is 2.83 bits per heavy atom. The van der Waals surface area contributed by atoms with E-state index in [-0.39, 0.29) is 17.8 Å². The summed E-state index contributed by atoms with van der Waals surface area (Å²) in [7, 11) is 1.82. The highest BCUT2D eigenvalue weighted by molar-refractivity contribution is 5.94. The summed E-state index contributed by atoms with van der Waals surface area (Å²) in [6, 6.07) is 6.32. The summed E-state index contributed by atoms with van der Waals surface area (Å²) in [5.74, 6) is -0.238. The Kier molecular flexibility index (Phi) is 4.71. The van der Waals surface area contributed by atoms with Crippen LogP contribution in [0, 0.1) is 5.82 Å². The Balaban J connectivity index is 1.67. The fraction of sp³-hybridized carbons (Fsp3) is 0.412. The van der Waals surface area contributed by atoms with Gasteiger partial charge in [-0.2, -0.15) is 5.10 Å². The molecule has 1 aromatic heterocycles. The quantitative estimate of drug-likeness (QED) is 0.943. The number of piperidine rings is 1. The monoisotopic (exact) mass is 316 g/mol. The van der Waals surface area contributed by atoms with Crippen LogP contribution in [0.3, 0.4) is 0 Å². The predicted molar refractivity (Wildman–Crippen MR) is 86.3 cm³/mol. The van der Waals surface area contributed by atoms with Crippen molar-refractivity contribution < 1.29 is 9.18 Å². The van der Waals surface area contributed by atoms with E-state index in [9.17, 15) is 9.18 Å². The van der Waals surface area contributed by atoms with Gasteiger partial charge >= 0.3 is 0 Å². The predicted octanol–water partition coefficient (Wildman–Crippen LogP) is 2.55. The van der Waals surface area contributed by atoms with Gasteiger partial charge in [-0.25, -0.2) is 4.39 Å². The van der Waals surface area contributed by atoms with Crippen molar-refractivity contribution in [2.75, 3.05) is 11.9 Å². The molecular weight excluding hydrogens is 295 g/mol. The third kappa shape index (κ3) is 3.96. The van der Waals surface area contributed by atoms with Crippen LogP contribution in [-0.2, 0) is 18.4 Å². The lowest BCUT2D eigenvalue weighted by Crippen LogP contribution is -2.46. The Hall–Kier alpha value is -2.21. The smallest absolute Gasteiger partial charge is 0.241 e. The van der Waals surface area contributed by atoms with Crippen LogP contribution in [0.5, 0.6) is 0 Å². The molecule has 1 fully saturated rings.